The van der Waals surface area contributed by atoms with Crippen molar-refractivity contribution in [2.24, 2.45) is 0 Å². The summed E-state index contributed by atoms with van der Waals surface area (Å²) in [6, 6.07) is 15.8. The Labute approximate surface area is 282 Å². The number of hydrogen-bond acceptors (Lipinski definition) is 8. The Morgan fingerprint density at radius 3 is 1.54 bits per heavy atom. The summed E-state index contributed by atoms with van der Waals surface area (Å²) in [5.41, 5.74) is -1.98. The van der Waals surface area contributed by atoms with E-state index in [4.69, 9.17) is 0 Å². The first-order valence-corrected chi connectivity index (χ1v) is 15.4. The molecule has 0 atom stereocenters. The van der Waals surface area contributed by atoms with E-state index in [9.17, 15) is 50.5 Å². The maximum atomic E-state index is 13.8. The molecule has 50 heavy (non-hydrogen) atoms. The van der Waals surface area contributed by atoms with Gasteiger partial charge < -0.3 is 35.6 Å². The number of nitrogens with one attached hydrogen (secondary N) is 3. The van der Waals surface area contributed by atoms with Crippen LogP contribution in [0.25, 0.3) is 0 Å². The number of benzene rings is 3. The molecule has 10 nitrogen and oxygen atoms in total. The van der Waals surface area contributed by atoms with Crippen LogP contribution in [0.3, 0.4) is 0 Å². The van der Waals surface area contributed by atoms with Crippen LogP contribution < -0.4 is 25.4 Å². The second-order valence-electron chi connectivity index (χ2n) is 11.7. The number of aliphatic hydroxyl groups is 2. The highest BCUT2D eigenvalue weighted by atomic mass is 19.4. The molecule has 5 N–H and O–H groups in total. The van der Waals surface area contributed by atoms with Crippen molar-refractivity contribution < 1.29 is 60.0 Å². The lowest BCUT2D eigenvalue weighted by Crippen LogP contribution is -2.51. The van der Waals surface area contributed by atoms with Crippen LogP contribution in [0, 0.1) is 5.82 Å². The van der Waals surface area contributed by atoms with E-state index in [1.807, 2.05) is 4.90 Å². The Morgan fingerprint density at radius 1 is 0.700 bits per heavy atom. The van der Waals surface area contributed by atoms with Crippen LogP contribution in [0.5, 0.6) is 11.5 Å². The fourth-order valence-corrected chi connectivity index (χ4v) is 5.22. The van der Waals surface area contributed by atoms with Crippen LogP contribution in [0.15, 0.2) is 72.8 Å². The van der Waals surface area contributed by atoms with E-state index in [1.165, 1.54) is 30.3 Å². The van der Waals surface area contributed by atoms with Crippen LogP contribution in [0.1, 0.15) is 31.2 Å². The number of halogens is 7. The average Bonchev–Trinajstić information content (AvgIpc) is 3.04. The Morgan fingerprint density at radius 2 is 1.12 bits per heavy atom. The van der Waals surface area contributed by atoms with Gasteiger partial charge in [0, 0.05) is 36.6 Å². The fraction of sp³-hybridized carbons (Fsp3) is 0.394. The zero-order valence-electron chi connectivity index (χ0n) is 26.4. The Bertz CT molecular complexity index is 1570. The quantitative estimate of drug-likeness (QED) is 0.198. The van der Waals surface area contributed by atoms with Gasteiger partial charge in [-0.05, 0) is 93.4 Å². The largest absolute Gasteiger partial charge is 0.573 e. The summed E-state index contributed by atoms with van der Waals surface area (Å²) in [5.74, 6) is -2.28. The number of carbonyl (C=O) groups is 2. The number of carbonyl (C=O) groups excluding carboxylic acids is 2. The van der Waals surface area contributed by atoms with Crippen molar-refractivity contribution in [3.63, 3.8) is 0 Å². The van der Waals surface area contributed by atoms with Crippen molar-refractivity contribution in [1.29, 1.82) is 0 Å². The molecule has 2 saturated heterocycles. The first-order chi connectivity index (χ1) is 23.4. The van der Waals surface area contributed by atoms with E-state index in [0.717, 1.165) is 24.3 Å². The zero-order chi connectivity index (χ0) is 36.6. The zero-order valence-corrected chi connectivity index (χ0v) is 26.4. The Kier molecular flexibility index (Phi) is 12.3. The number of amides is 2. The van der Waals surface area contributed by atoms with Crippen LogP contribution >= 0.6 is 0 Å². The van der Waals surface area contributed by atoms with Crippen molar-refractivity contribution in [3.8, 4) is 11.5 Å². The lowest BCUT2D eigenvalue weighted by Gasteiger charge is -2.37. The highest BCUT2D eigenvalue weighted by Gasteiger charge is 2.40. The predicted molar refractivity (Wildman–Crippen MR) is 166 cm³/mol. The van der Waals surface area contributed by atoms with Gasteiger partial charge in [0.05, 0.1) is 0 Å². The number of alkyl halides is 6. The number of anilines is 2. The molecule has 2 fully saturated rings. The molecule has 272 valence electrons. The van der Waals surface area contributed by atoms with Crippen LogP contribution in [0.4, 0.5) is 42.1 Å². The van der Waals surface area contributed by atoms with Crippen LogP contribution in [-0.4, -0.2) is 77.0 Å². The first kappa shape index (κ1) is 38.4. The summed E-state index contributed by atoms with van der Waals surface area (Å²) in [7, 11) is 0. The molecule has 2 amide bonds. The van der Waals surface area contributed by atoms with Gasteiger partial charge in [0.25, 0.3) is 11.8 Å². The number of nitrogens with zero attached hydrogens (tertiary/aromatic N) is 1. The van der Waals surface area contributed by atoms with E-state index in [-0.39, 0.29) is 42.9 Å². The highest BCUT2D eigenvalue weighted by Crippen LogP contribution is 2.28. The smallest absolute Gasteiger partial charge is 0.406 e. The van der Waals surface area contributed by atoms with E-state index in [2.05, 4.69) is 25.4 Å². The lowest BCUT2D eigenvalue weighted by molar-refractivity contribution is -0.275. The summed E-state index contributed by atoms with van der Waals surface area (Å²) < 4.78 is 93.9. The van der Waals surface area contributed by atoms with Crippen LogP contribution in [-0.2, 0) is 16.1 Å². The molecule has 0 unspecified atom stereocenters. The molecule has 2 heterocycles. The third kappa shape index (κ3) is 11.6. The second kappa shape index (κ2) is 16.1. The summed E-state index contributed by atoms with van der Waals surface area (Å²) in [4.78, 5) is 26.4. The minimum absolute atomic E-state index is 0.155. The highest BCUT2D eigenvalue weighted by molar-refractivity contribution is 5.97. The molecule has 0 saturated carbocycles. The van der Waals surface area contributed by atoms with E-state index in [0.29, 0.717) is 44.0 Å². The summed E-state index contributed by atoms with van der Waals surface area (Å²) in [5, 5.41) is 28.9. The SMILES string of the molecule is O=C(Nc1ccc(OC(F)(F)F)cc1)C1(O)CCN(Cc2ccccc2F)CC1.O=C(Nc1ccc(OC(F)(F)F)cc1)C1(O)CCNCC1. The molecule has 0 spiro atoms. The number of piperidine rings is 2. The van der Waals surface area contributed by atoms with Gasteiger partial charge in [0.1, 0.15) is 28.5 Å². The molecule has 0 radical (unpaired) electrons. The van der Waals surface area contributed by atoms with Gasteiger partial charge in [-0.15, -0.1) is 26.3 Å². The van der Waals surface area contributed by atoms with Crippen molar-refractivity contribution in [2.45, 2.75) is 56.2 Å². The average molecular weight is 717 g/mol. The Balaban J connectivity index is 0.000000237. The number of rotatable bonds is 8. The summed E-state index contributed by atoms with van der Waals surface area (Å²) in [6.07, 6.45) is -8.67. The monoisotopic (exact) mass is 716 g/mol. The van der Waals surface area contributed by atoms with E-state index >= 15 is 0 Å². The van der Waals surface area contributed by atoms with Gasteiger partial charge in [-0.2, -0.15) is 0 Å². The van der Waals surface area contributed by atoms with Gasteiger partial charge in [0.15, 0.2) is 0 Å². The lowest BCUT2D eigenvalue weighted by atomic mass is 9.90. The van der Waals surface area contributed by atoms with Gasteiger partial charge in [0.2, 0.25) is 0 Å². The third-order valence-corrected chi connectivity index (χ3v) is 8.00. The molecule has 0 aromatic heterocycles. The molecular formula is C33H35F7N4O6. The minimum Gasteiger partial charge on any atom is -0.406 e. The van der Waals surface area contributed by atoms with Crippen molar-refractivity contribution >= 4 is 23.2 Å². The van der Waals surface area contributed by atoms with Gasteiger partial charge in [-0.3, -0.25) is 14.5 Å². The van der Waals surface area contributed by atoms with Gasteiger partial charge in [-0.1, -0.05) is 18.2 Å². The maximum absolute atomic E-state index is 13.8. The first-order valence-electron chi connectivity index (χ1n) is 15.4. The molecule has 2 aliphatic heterocycles. The number of ether oxygens (including phenoxy) is 2. The van der Waals surface area contributed by atoms with Gasteiger partial charge >= 0.3 is 12.7 Å². The molecule has 0 bridgehead atoms. The van der Waals surface area contributed by atoms with Crippen LogP contribution in [0.2, 0.25) is 0 Å². The standard InChI is InChI=1S/C20H20F4N2O3.C13H15F3N2O3/c21-17-4-2-1-3-14(17)13-26-11-9-19(28,10-12-26)18(27)25-15-5-7-16(8-6-15)29-20(22,23)24;14-13(15,16)21-10-3-1-9(2-4-10)18-11(19)12(20)5-7-17-8-6-12/h1-8,28H,9-13H2,(H,25,27);1-4,17,20H,5-8H2,(H,18,19). The molecule has 3 aromatic rings. The molecule has 5 rings (SSSR count). The fourth-order valence-electron chi connectivity index (χ4n) is 5.22. The maximum Gasteiger partial charge on any atom is 0.573 e. The summed E-state index contributed by atoms with van der Waals surface area (Å²) >= 11 is 0. The predicted octanol–water partition coefficient (Wildman–Crippen LogP) is 5.33. The van der Waals surface area contributed by atoms with Crippen molar-refractivity contribution in [3.05, 3.63) is 84.2 Å². The van der Waals surface area contributed by atoms with Crippen molar-refractivity contribution in [1.82, 2.24) is 10.2 Å². The second-order valence-corrected chi connectivity index (χ2v) is 11.7. The molecule has 17 heteroatoms. The molecule has 2 aliphatic rings. The normalized spacial score (nSPS) is 17.5. The van der Waals surface area contributed by atoms with E-state index < -0.39 is 41.5 Å². The number of hydrogen-bond donors (Lipinski definition) is 5. The third-order valence-electron chi connectivity index (χ3n) is 8.00. The Hall–Kier alpha value is -4.45. The molecular weight excluding hydrogens is 681 g/mol. The van der Waals surface area contributed by atoms with Crippen molar-refractivity contribution in [2.75, 3.05) is 36.8 Å². The van der Waals surface area contributed by atoms with E-state index in [1.54, 1.807) is 18.2 Å². The topological polar surface area (TPSA) is 132 Å². The molecule has 3 aromatic carbocycles. The van der Waals surface area contributed by atoms with Gasteiger partial charge in [-0.25, -0.2) is 4.39 Å². The summed E-state index contributed by atoms with van der Waals surface area (Å²) in [6.45, 7) is 2.24. The number of likely N-dealkylation sites (tertiary alicyclic amines) is 1. The molecule has 0 aliphatic carbocycles. The minimum atomic E-state index is -4.80.